The van der Waals surface area contributed by atoms with Gasteiger partial charge in [-0.15, -0.1) is 11.3 Å². The number of thiazole rings is 1. The summed E-state index contributed by atoms with van der Waals surface area (Å²) >= 11 is 3.37. The van der Waals surface area contributed by atoms with Crippen molar-refractivity contribution in [1.82, 2.24) is 14.9 Å². The molecule has 0 radical (unpaired) electrons. The summed E-state index contributed by atoms with van der Waals surface area (Å²) in [6, 6.07) is 4.86. The molecule has 1 fully saturated rings. The van der Waals surface area contributed by atoms with E-state index in [0.717, 1.165) is 42.6 Å². The quantitative estimate of drug-likeness (QED) is 0.348. The molecule has 1 saturated heterocycles. The Balaban J connectivity index is 1.39. The molecule has 188 valence electrons. The zero-order valence-electron chi connectivity index (χ0n) is 19.7. The van der Waals surface area contributed by atoms with E-state index in [1.807, 2.05) is 11.6 Å². The van der Waals surface area contributed by atoms with E-state index in [1.165, 1.54) is 6.20 Å². The van der Waals surface area contributed by atoms with Crippen molar-refractivity contribution < 1.29 is 19.0 Å². The summed E-state index contributed by atoms with van der Waals surface area (Å²) in [6.07, 6.45) is 5.42. The van der Waals surface area contributed by atoms with Crippen LogP contribution in [0.25, 0.3) is 10.9 Å². The van der Waals surface area contributed by atoms with E-state index >= 15 is 0 Å². The highest BCUT2D eigenvalue weighted by atomic mass is 32.2. The van der Waals surface area contributed by atoms with Crippen LogP contribution in [0.15, 0.2) is 40.3 Å². The van der Waals surface area contributed by atoms with Crippen LogP contribution >= 0.6 is 23.1 Å². The molecule has 0 bridgehead atoms. The van der Waals surface area contributed by atoms with Crippen LogP contribution in [0.3, 0.4) is 0 Å². The standard InChI is InChI=1S/C25H31FN4O3S2/c1-33-18-3-5-22-19(13-18)24(20(26)14-29-22)21(27)4-2-16-6-8-30(15-17(16)12-23(31)32)9-11-35-25-28-7-10-34-25/h3,5,7,10,13-14,16-17,21H,2,4,6,8-9,11-12,15,27H2,1H3,(H,31,32). The summed E-state index contributed by atoms with van der Waals surface area (Å²) in [7, 11) is 1.57. The van der Waals surface area contributed by atoms with Crippen molar-refractivity contribution in [1.29, 1.82) is 0 Å². The SMILES string of the molecule is COc1ccc2ncc(F)c(C(N)CCC3CCN(CCSc4nccs4)CC3CC(=O)O)c2c1. The summed E-state index contributed by atoms with van der Waals surface area (Å²) < 4.78 is 21.2. The van der Waals surface area contributed by atoms with Crippen molar-refractivity contribution in [2.24, 2.45) is 17.6 Å². The number of carboxylic acids is 1. The number of nitrogens with two attached hydrogens (primary N) is 1. The minimum Gasteiger partial charge on any atom is -0.497 e. The fraction of sp³-hybridized carbons (Fsp3) is 0.480. The molecule has 3 aromatic rings. The monoisotopic (exact) mass is 518 g/mol. The molecule has 1 aliphatic rings. The molecule has 35 heavy (non-hydrogen) atoms. The lowest BCUT2D eigenvalue weighted by molar-refractivity contribution is -0.139. The number of hydrogen-bond donors (Lipinski definition) is 2. The lowest BCUT2D eigenvalue weighted by Gasteiger charge is -2.38. The minimum absolute atomic E-state index is 0.0532. The molecule has 1 aliphatic heterocycles. The number of hydrogen-bond acceptors (Lipinski definition) is 8. The molecule has 3 heterocycles. The van der Waals surface area contributed by atoms with Crippen molar-refractivity contribution in [3.63, 3.8) is 0 Å². The van der Waals surface area contributed by atoms with Gasteiger partial charge in [0.25, 0.3) is 0 Å². The smallest absolute Gasteiger partial charge is 0.303 e. The van der Waals surface area contributed by atoms with Gasteiger partial charge in [0, 0.05) is 53.8 Å². The van der Waals surface area contributed by atoms with Gasteiger partial charge in [-0.1, -0.05) is 11.8 Å². The maximum absolute atomic E-state index is 14.8. The number of piperidine rings is 1. The lowest BCUT2D eigenvalue weighted by Crippen LogP contribution is -2.42. The van der Waals surface area contributed by atoms with E-state index in [9.17, 15) is 14.3 Å². The van der Waals surface area contributed by atoms with Gasteiger partial charge in [-0.05, 0) is 55.8 Å². The number of ether oxygens (including phenoxy) is 1. The third-order valence-electron chi connectivity index (χ3n) is 6.74. The first-order valence-electron chi connectivity index (χ1n) is 11.8. The molecule has 3 atom stereocenters. The maximum atomic E-state index is 14.8. The van der Waals surface area contributed by atoms with Gasteiger partial charge in [-0.2, -0.15) is 0 Å². The van der Waals surface area contributed by atoms with Gasteiger partial charge in [0.2, 0.25) is 0 Å². The summed E-state index contributed by atoms with van der Waals surface area (Å²) in [6.45, 7) is 2.59. The molecule has 2 aromatic heterocycles. The Kier molecular flexibility index (Phi) is 8.94. The summed E-state index contributed by atoms with van der Waals surface area (Å²) in [5, 5.41) is 12.1. The fourth-order valence-electron chi connectivity index (χ4n) is 4.95. The van der Waals surface area contributed by atoms with Gasteiger partial charge < -0.3 is 20.5 Å². The second kappa shape index (κ2) is 12.1. The van der Waals surface area contributed by atoms with Crippen LogP contribution in [-0.2, 0) is 4.79 Å². The first kappa shape index (κ1) is 25.8. The number of likely N-dealkylation sites (tertiary alicyclic amines) is 1. The Morgan fingerprint density at radius 2 is 2.26 bits per heavy atom. The first-order valence-corrected chi connectivity index (χ1v) is 13.6. The highest BCUT2D eigenvalue weighted by molar-refractivity contribution is 8.01. The average Bonchev–Trinajstić information content (AvgIpc) is 3.36. The zero-order valence-corrected chi connectivity index (χ0v) is 21.4. The Bertz CT molecular complexity index is 1130. The van der Waals surface area contributed by atoms with E-state index in [-0.39, 0.29) is 18.3 Å². The minimum atomic E-state index is -0.776. The summed E-state index contributed by atoms with van der Waals surface area (Å²) in [5.74, 6) is 0.652. The number of rotatable bonds is 11. The number of benzene rings is 1. The highest BCUT2D eigenvalue weighted by Crippen LogP contribution is 2.35. The molecule has 0 aliphatic carbocycles. The molecule has 7 nitrogen and oxygen atoms in total. The van der Waals surface area contributed by atoms with Crippen molar-refractivity contribution >= 4 is 40.0 Å². The predicted octanol–water partition coefficient (Wildman–Crippen LogP) is 4.82. The van der Waals surface area contributed by atoms with Crippen molar-refractivity contribution in [2.75, 3.05) is 32.5 Å². The number of fused-ring (bicyclic) bond motifs is 1. The van der Waals surface area contributed by atoms with Crippen molar-refractivity contribution in [3.05, 3.63) is 47.4 Å². The maximum Gasteiger partial charge on any atom is 0.303 e. The molecular formula is C25H31FN4O3S2. The predicted molar refractivity (Wildman–Crippen MR) is 138 cm³/mol. The molecule has 10 heteroatoms. The van der Waals surface area contributed by atoms with Crippen LogP contribution in [0.5, 0.6) is 5.75 Å². The number of halogens is 1. The van der Waals surface area contributed by atoms with Crippen LogP contribution in [0, 0.1) is 17.7 Å². The van der Waals surface area contributed by atoms with Gasteiger partial charge in [-0.25, -0.2) is 9.37 Å². The number of thioether (sulfide) groups is 1. The largest absolute Gasteiger partial charge is 0.497 e. The average molecular weight is 519 g/mol. The number of carbonyl (C=O) groups is 1. The third-order valence-corrected chi connectivity index (χ3v) is 8.69. The van der Waals surface area contributed by atoms with Crippen LogP contribution in [0.4, 0.5) is 4.39 Å². The van der Waals surface area contributed by atoms with Crippen molar-refractivity contribution in [3.8, 4) is 5.75 Å². The second-order valence-electron chi connectivity index (χ2n) is 8.94. The van der Waals surface area contributed by atoms with Gasteiger partial charge in [0.05, 0.1) is 18.8 Å². The lowest BCUT2D eigenvalue weighted by atomic mass is 9.79. The molecule has 0 amide bonds. The number of aromatic nitrogens is 2. The highest BCUT2D eigenvalue weighted by Gasteiger charge is 2.31. The Hall–Kier alpha value is -2.27. The normalized spacial score (nSPS) is 19.6. The van der Waals surface area contributed by atoms with Crippen LogP contribution in [0.2, 0.25) is 0 Å². The molecule has 3 unspecified atom stereocenters. The van der Waals surface area contributed by atoms with E-state index < -0.39 is 17.8 Å². The number of carboxylic acid groups (broad SMARTS) is 1. The molecular weight excluding hydrogens is 487 g/mol. The molecule has 4 rings (SSSR count). The number of aliphatic carboxylic acids is 1. The fourth-order valence-corrected chi connectivity index (χ4v) is 6.66. The summed E-state index contributed by atoms with van der Waals surface area (Å²) in [5.41, 5.74) is 7.63. The molecule has 3 N–H and O–H groups in total. The van der Waals surface area contributed by atoms with E-state index in [4.69, 9.17) is 10.5 Å². The van der Waals surface area contributed by atoms with Crippen LogP contribution in [-0.4, -0.2) is 58.4 Å². The van der Waals surface area contributed by atoms with Crippen LogP contribution in [0.1, 0.15) is 37.3 Å². The molecule has 0 saturated carbocycles. The zero-order chi connectivity index (χ0) is 24.8. The molecule has 1 aromatic carbocycles. The number of pyridine rings is 1. The number of methoxy groups -OCH3 is 1. The van der Waals surface area contributed by atoms with Gasteiger partial charge in [0.15, 0.2) is 0 Å². The van der Waals surface area contributed by atoms with E-state index in [1.54, 1.807) is 48.4 Å². The van der Waals surface area contributed by atoms with E-state index in [0.29, 0.717) is 28.6 Å². The van der Waals surface area contributed by atoms with E-state index in [2.05, 4.69) is 14.9 Å². The molecule has 0 spiro atoms. The van der Waals surface area contributed by atoms with Crippen LogP contribution < -0.4 is 10.5 Å². The Morgan fingerprint density at radius 3 is 3.00 bits per heavy atom. The Morgan fingerprint density at radius 1 is 1.40 bits per heavy atom. The number of nitrogens with zero attached hydrogens (tertiary/aromatic N) is 3. The third kappa shape index (κ3) is 6.69. The van der Waals surface area contributed by atoms with Gasteiger partial charge in [-0.3, -0.25) is 9.78 Å². The second-order valence-corrected chi connectivity index (χ2v) is 11.2. The van der Waals surface area contributed by atoms with Gasteiger partial charge >= 0.3 is 5.97 Å². The Labute approximate surface area is 212 Å². The summed E-state index contributed by atoms with van der Waals surface area (Å²) in [4.78, 5) is 22.4. The topological polar surface area (TPSA) is 102 Å². The van der Waals surface area contributed by atoms with Crippen molar-refractivity contribution in [2.45, 2.75) is 36.1 Å². The van der Waals surface area contributed by atoms with Gasteiger partial charge in [0.1, 0.15) is 15.9 Å². The first-order chi connectivity index (χ1) is 16.9.